The molecule has 2 rings (SSSR count). The number of halogens is 1. The number of ether oxygens (including phenoxy) is 2. The van der Waals surface area contributed by atoms with E-state index in [9.17, 15) is 0 Å². The molecule has 7 nitrogen and oxygen atoms in total. The van der Waals surface area contributed by atoms with Crippen molar-refractivity contribution in [3.63, 3.8) is 0 Å². The van der Waals surface area contributed by atoms with Gasteiger partial charge in [0.25, 0.3) is 0 Å². The molecule has 0 aliphatic carbocycles. The van der Waals surface area contributed by atoms with E-state index in [1.165, 1.54) is 7.11 Å². The van der Waals surface area contributed by atoms with Gasteiger partial charge in [-0.05, 0) is 18.5 Å². The maximum atomic E-state index is 5.79. The zero-order chi connectivity index (χ0) is 13.7. The van der Waals surface area contributed by atoms with Gasteiger partial charge in [0.1, 0.15) is 0 Å². The molecule has 0 radical (unpaired) electrons. The maximum Gasteiger partial charge on any atom is 0.322 e. The fourth-order valence-corrected chi connectivity index (χ4v) is 2.08. The SMILES string of the molecule is COc1nc(Cl)nc(NC(C)CN2CCOCC2)n1. The highest BCUT2D eigenvalue weighted by molar-refractivity contribution is 6.28. The van der Waals surface area contributed by atoms with Crippen molar-refractivity contribution >= 4 is 17.5 Å². The first-order valence-electron chi connectivity index (χ1n) is 6.19. The van der Waals surface area contributed by atoms with Crippen LogP contribution in [-0.4, -0.2) is 65.9 Å². The molecule has 19 heavy (non-hydrogen) atoms. The predicted molar refractivity (Wildman–Crippen MR) is 71.7 cm³/mol. The quantitative estimate of drug-likeness (QED) is 0.853. The third kappa shape index (κ3) is 4.45. The van der Waals surface area contributed by atoms with Crippen molar-refractivity contribution < 1.29 is 9.47 Å². The molecule has 0 saturated carbocycles. The van der Waals surface area contributed by atoms with E-state index in [1.807, 2.05) is 0 Å². The highest BCUT2D eigenvalue weighted by Gasteiger charge is 2.15. The smallest absolute Gasteiger partial charge is 0.322 e. The third-order valence-electron chi connectivity index (χ3n) is 2.78. The van der Waals surface area contributed by atoms with Crippen LogP contribution in [-0.2, 0) is 4.74 Å². The summed E-state index contributed by atoms with van der Waals surface area (Å²) in [5.74, 6) is 0.428. The minimum Gasteiger partial charge on any atom is -0.467 e. The number of hydrogen-bond acceptors (Lipinski definition) is 7. The Morgan fingerprint density at radius 3 is 2.79 bits per heavy atom. The Labute approximate surface area is 117 Å². The first-order valence-corrected chi connectivity index (χ1v) is 6.57. The molecule has 1 aliphatic heterocycles. The molecule has 8 heteroatoms. The molecule has 1 aromatic heterocycles. The summed E-state index contributed by atoms with van der Waals surface area (Å²) in [5.41, 5.74) is 0. The van der Waals surface area contributed by atoms with Crippen LogP contribution in [0.5, 0.6) is 6.01 Å². The summed E-state index contributed by atoms with van der Waals surface area (Å²) < 4.78 is 10.3. The number of rotatable bonds is 5. The zero-order valence-corrected chi connectivity index (χ0v) is 11.9. The zero-order valence-electron chi connectivity index (χ0n) is 11.1. The average molecular weight is 288 g/mol. The number of hydrogen-bond donors (Lipinski definition) is 1. The largest absolute Gasteiger partial charge is 0.467 e. The molecule has 1 N–H and O–H groups in total. The fourth-order valence-electron chi connectivity index (χ4n) is 1.92. The number of anilines is 1. The van der Waals surface area contributed by atoms with Crippen molar-refractivity contribution in [1.29, 1.82) is 0 Å². The van der Waals surface area contributed by atoms with E-state index in [1.54, 1.807) is 0 Å². The standard InChI is InChI=1S/C11H18ClN5O2/c1-8(7-17-3-5-19-6-4-17)13-10-14-9(12)15-11(16-10)18-2/h8H,3-7H2,1-2H3,(H,13,14,15,16). The summed E-state index contributed by atoms with van der Waals surface area (Å²) in [6.07, 6.45) is 0. The van der Waals surface area contributed by atoms with Crippen molar-refractivity contribution in [2.75, 3.05) is 45.3 Å². The number of nitrogens with zero attached hydrogens (tertiary/aromatic N) is 4. The van der Waals surface area contributed by atoms with Gasteiger partial charge in [-0.3, -0.25) is 4.90 Å². The minimum absolute atomic E-state index is 0.118. The van der Waals surface area contributed by atoms with Crippen LogP contribution >= 0.6 is 11.6 Å². The van der Waals surface area contributed by atoms with Crippen LogP contribution in [0.2, 0.25) is 5.28 Å². The Hall–Kier alpha value is -1.18. The monoisotopic (exact) mass is 287 g/mol. The van der Waals surface area contributed by atoms with Crippen LogP contribution in [0.15, 0.2) is 0 Å². The number of aromatic nitrogens is 3. The summed E-state index contributed by atoms with van der Waals surface area (Å²) in [5, 5.41) is 3.31. The van der Waals surface area contributed by atoms with Gasteiger partial charge in [-0.1, -0.05) is 0 Å². The molecule has 0 amide bonds. The van der Waals surface area contributed by atoms with Gasteiger partial charge in [0.2, 0.25) is 11.2 Å². The molecule has 2 heterocycles. The molecule has 1 unspecified atom stereocenters. The first-order chi connectivity index (χ1) is 9.17. The molecule has 0 aromatic carbocycles. The summed E-state index contributed by atoms with van der Waals surface area (Å²) in [4.78, 5) is 14.3. The summed E-state index contributed by atoms with van der Waals surface area (Å²) in [6.45, 7) is 6.45. The summed E-state index contributed by atoms with van der Waals surface area (Å²) in [6, 6.07) is 0.405. The first kappa shape index (κ1) is 14.2. The van der Waals surface area contributed by atoms with Gasteiger partial charge in [0, 0.05) is 25.7 Å². The maximum absolute atomic E-state index is 5.79. The second-order valence-corrected chi connectivity index (χ2v) is 4.71. The second-order valence-electron chi connectivity index (χ2n) is 4.37. The van der Waals surface area contributed by atoms with E-state index in [0.29, 0.717) is 5.95 Å². The van der Waals surface area contributed by atoms with Gasteiger partial charge in [0.05, 0.1) is 20.3 Å². The Morgan fingerprint density at radius 1 is 1.37 bits per heavy atom. The number of nitrogens with one attached hydrogen (secondary N) is 1. The van der Waals surface area contributed by atoms with Crippen LogP contribution in [0.25, 0.3) is 0 Å². The lowest BCUT2D eigenvalue weighted by atomic mass is 10.3. The summed E-state index contributed by atoms with van der Waals surface area (Å²) in [7, 11) is 1.49. The van der Waals surface area contributed by atoms with Crippen LogP contribution in [0.4, 0.5) is 5.95 Å². The topological polar surface area (TPSA) is 72.4 Å². The molecule has 1 atom stereocenters. The van der Waals surface area contributed by atoms with Gasteiger partial charge >= 0.3 is 6.01 Å². The van der Waals surface area contributed by atoms with E-state index in [0.717, 1.165) is 32.8 Å². The van der Waals surface area contributed by atoms with Crippen molar-refractivity contribution in [2.24, 2.45) is 0 Å². The highest BCUT2D eigenvalue weighted by Crippen LogP contribution is 2.12. The Morgan fingerprint density at radius 2 is 2.11 bits per heavy atom. The molecule has 0 spiro atoms. The molecule has 106 valence electrons. The van der Waals surface area contributed by atoms with Crippen molar-refractivity contribution in [2.45, 2.75) is 13.0 Å². The third-order valence-corrected chi connectivity index (χ3v) is 2.95. The Balaban J connectivity index is 1.90. The van der Waals surface area contributed by atoms with Gasteiger partial charge in [0.15, 0.2) is 0 Å². The Kier molecular flexibility index (Phi) is 5.12. The molecule has 1 saturated heterocycles. The lowest BCUT2D eigenvalue weighted by Gasteiger charge is -2.29. The van der Waals surface area contributed by atoms with E-state index in [-0.39, 0.29) is 17.3 Å². The molecular weight excluding hydrogens is 270 g/mol. The van der Waals surface area contributed by atoms with E-state index in [4.69, 9.17) is 21.1 Å². The number of morpholine rings is 1. The predicted octanol–water partition coefficient (Wildman–Crippen LogP) is 0.666. The van der Waals surface area contributed by atoms with Crippen LogP contribution < -0.4 is 10.1 Å². The van der Waals surface area contributed by atoms with Gasteiger partial charge in [-0.2, -0.15) is 15.0 Å². The van der Waals surface area contributed by atoms with Crippen molar-refractivity contribution in [1.82, 2.24) is 19.9 Å². The van der Waals surface area contributed by atoms with Crippen LogP contribution in [0.3, 0.4) is 0 Å². The van der Waals surface area contributed by atoms with Crippen molar-refractivity contribution in [3.8, 4) is 6.01 Å². The van der Waals surface area contributed by atoms with Gasteiger partial charge in [-0.15, -0.1) is 0 Å². The highest BCUT2D eigenvalue weighted by atomic mass is 35.5. The molecular formula is C11H18ClN5O2. The fraction of sp³-hybridized carbons (Fsp3) is 0.727. The number of methoxy groups -OCH3 is 1. The molecule has 1 aliphatic rings. The van der Waals surface area contributed by atoms with Gasteiger partial charge in [-0.25, -0.2) is 0 Å². The average Bonchev–Trinajstić information content (AvgIpc) is 2.38. The Bertz CT molecular complexity index is 414. The molecule has 0 bridgehead atoms. The lowest BCUT2D eigenvalue weighted by molar-refractivity contribution is 0.0368. The normalized spacial score (nSPS) is 18.1. The second kappa shape index (κ2) is 6.83. The molecule has 1 fully saturated rings. The molecule has 1 aromatic rings. The van der Waals surface area contributed by atoms with Crippen LogP contribution in [0.1, 0.15) is 6.92 Å². The van der Waals surface area contributed by atoms with Crippen LogP contribution in [0, 0.1) is 0 Å². The minimum atomic E-state index is 0.118. The van der Waals surface area contributed by atoms with E-state index in [2.05, 4.69) is 32.1 Å². The lowest BCUT2D eigenvalue weighted by Crippen LogP contribution is -2.42. The van der Waals surface area contributed by atoms with E-state index >= 15 is 0 Å². The summed E-state index contributed by atoms with van der Waals surface area (Å²) >= 11 is 5.79. The van der Waals surface area contributed by atoms with Gasteiger partial charge < -0.3 is 14.8 Å². The van der Waals surface area contributed by atoms with E-state index < -0.39 is 0 Å². The van der Waals surface area contributed by atoms with Crippen molar-refractivity contribution in [3.05, 3.63) is 5.28 Å².